The van der Waals surface area contributed by atoms with Crippen LogP contribution in [0.3, 0.4) is 0 Å². The molecular formula is C20H22F2N2O3. The van der Waals surface area contributed by atoms with Gasteiger partial charge >= 0.3 is 5.97 Å². The van der Waals surface area contributed by atoms with Crippen molar-refractivity contribution in [2.75, 3.05) is 18.0 Å². The fourth-order valence-corrected chi connectivity index (χ4v) is 4.22. The molecule has 7 heteroatoms. The van der Waals surface area contributed by atoms with Gasteiger partial charge in [0.25, 0.3) is 0 Å². The monoisotopic (exact) mass is 376 g/mol. The molecule has 4 rings (SSSR count). The van der Waals surface area contributed by atoms with Crippen molar-refractivity contribution < 1.29 is 18.7 Å². The van der Waals surface area contributed by atoms with Crippen molar-refractivity contribution >= 4 is 22.6 Å². The molecule has 5 nitrogen and oxygen atoms in total. The summed E-state index contributed by atoms with van der Waals surface area (Å²) in [6.07, 6.45) is 0.388. The highest BCUT2D eigenvalue weighted by Gasteiger charge is 2.41. The third-order valence-electron chi connectivity index (χ3n) is 6.05. The van der Waals surface area contributed by atoms with Gasteiger partial charge in [0.1, 0.15) is 17.6 Å². The molecule has 1 saturated heterocycles. The van der Waals surface area contributed by atoms with Crippen LogP contribution in [0.1, 0.15) is 42.2 Å². The van der Waals surface area contributed by atoms with Crippen LogP contribution < -0.4 is 10.3 Å². The number of aryl methyl sites for hydroxylation is 1. The fourth-order valence-electron chi connectivity index (χ4n) is 4.22. The van der Waals surface area contributed by atoms with Gasteiger partial charge in [0.2, 0.25) is 5.43 Å². The quantitative estimate of drug-likeness (QED) is 0.890. The first-order valence-corrected chi connectivity index (χ1v) is 9.21. The Morgan fingerprint density at radius 1 is 1.26 bits per heavy atom. The standard InChI is InChI=1S/C20H22F2N2O3/c1-9-6-23(7-10(9)2)18-11(3)17-12(4-15(18)22)19(25)13(20(26)27)8-24(17)16-5-14(16)21/h4,8-10,14,16H,5-7H2,1-3H3,(H,26,27). The molecule has 1 aliphatic heterocycles. The van der Waals surface area contributed by atoms with Gasteiger partial charge in [-0.1, -0.05) is 13.8 Å². The van der Waals surface area contributed by atoms with Crippen molar-refractivity contribution in [3.8, 4) is 0 Å². The van der Waals surface area contributed by atoms with E-state index in [1.807, 2.05) is 4.90 Å². The van der Waals surface area contributed by atoms with Crippen LogP contribution in [0.25, 0.3) is 10.9 Å². The van der Waals surface area contributed by atoms with Gasteiger partial charge in [-0.3, -0.25) is 4.79 Å². The molecule has 2 heterocycles. The Morgan fingerprint density at radius 2 is 1.85 bits per heavy atom. The average Bonchev–Trinajstić information content (AvgIpc) is 3.22. The minimum atomic E-state index is -1.39. The summed E-state index contributed by atoms with van der Waals surface area (Å²) in [5, 5.41) is 9.33. The second-order valence-corrected chi connectivity index (χ2v) is 7.99. The topological polar surface area (TPSA) is 62.5 Å². The molecule has 27 heavy (non-hydrogen) atoms. The summed E-state index contributed by atoms with van der Waals surface area (Å²) in [5.74, 6) is -1.11. The lowest BCUT2D eigenvalue weighted by molar-refractivity contribution is 0.0694. The number of pyridine rings is 1. The number of alkyl halides is 1. The molecule has 1 aromatic carbocycles. The highest BCUT2D eigenvalue weighted by atomic mass is 19.1. The maximum Gasteiger partial charge on any atom is 0.341 e. The van der Waals surface area contributed by atoms with Gasteiger partial charge in [0, 0.05) is 31.1 Å². The summed E-state index contributed by atoms with van der Waals surface area (Å²) in [6.45, 7) is 7.37. The highest BCUT2D eigenvalue weighted by Crippen LogP contribution is 2.43. The Labute approximate surface area is 155 Å². The first-order chi connectivity index (χ1) is 12.7. The first-order valence-electron chi connectivity index (χ1n) is 9.21. The molecule has 2 aliphatic rings. The number of aromatic nitrogens is 1. The molecule has 0 spiro atoms. The normalized spacial score (nSPS) is 27.4. The number of hydrogen-bond donors (Lipinski definition) is 1. The number of nitrogens with zero attached hydrogens (tertiary/aromatic N) is 2. The van der Waals surface area contributed by atoms with E-state index in [1.54, 1.807) is 6.92 Å². The van der Waals surface area contributed by atoms with Crippen LogP contribution >= 0.6 is 0 Å². The van der Waals surface area contributed by atoms with Crippen molar-refractivity contribution in [1.82, 2.24) is 4.57 Å². The molecular weight excluding hydrogens is 354 g/mol. The Morgan fingerprint density at radius 3 is 2.37 bits per heavy atom. The molecule has 0 bridgehead atoms. The van der Waals surface area contributed by atoms with Crippen LogP contribution in [0.4, 0.5) is 14.5 Å². The summed E-state index contributed by atoms with van der Waals surface area (Å²) in [7, 11) is 0. The number of aromatic carboxylic acids is 1. The maximum absolute atomic E-state index is 15.0. The van der Waals surface area contributed by atoms with E-state index >= 15 is 4.39 Å². The Hall–Kier alpha value is -2.44. The van der Waals surface area contributed by atoms with Crippen molar-refractivity contribution in [3.63, 3.8) is 0 Å². The first kappa shape index (κ1) is 17.9. The summed E-state index contributed by atoms with van der Waals surface area (Å²) < 4.78 is 30.3. The molecule has 0 radical (unpaired) electrons. The summed E-state index contributed by atoms with van der Waals surface area (Å²) in [6, 6.07) is 0.603. The Balaban J connectivity index is 2.00. The van der Waals surface area contributed by atoms with E-state index in [9.17, 15) is 19.1 Å². The van der Waals surface area contributed by atoms with Gasteiger partial charge in [-0.25, -0.2) is 13.6 Å². The number of carbonyl (C=O) groups is 1. The van der Waals surface area contributed by atoms with E-state index in [0.29, 0.717) is 41.7 Å². The highest BCUT2D eigenvalue weighted by molar-refractivity contribution is 5.95. The third kappa shape index (κ3) is 2.71. The number of benzene rings is 1. The van der Waals surface area contributed by atoms with Crippen molar-refractivity contribution in [3.05, 3.63) is 39.4 Å². The zero-order valence-electron chi connectivity index (χ0n) is 15.5. The summed E-state index contributed by atoms with van der Waals surface area (Å²) >= 11 is 0. The van der Waals surface area contributed by atoms with Crippen LogP contribution in [-0.4, -0.2) is 34.9 Å². The maximum atomic E-state index is 15.0. The van der Waals surface area contributed by atoms with Gasteiger partial charge in [0.15, 0.2) is 0 Å². The SMILES string of the molecule is Cc1c(N2CC(C)C(C)C2)c(F)cc2c(=O)c(C(=O)O)cn(C3CC3F)c12. The molecule has 144 valence electrons. The molecule has 4 unspecified atom stereocenters. The third-order valence-corrected chi connectivity index (χ3v) is 6.05. The number of carboxylic acid groups (broad SMARTS) is 1. The smallest absolute Gasteiger partial charge is 0.341 e. The summed E-state index contributed by atoms with van der Waals surface area (Å²) in [4.78, 5) is 26.0. The van der Waals surface area contributed by atoms with Gasteiger partial charge in [-0.2, -0.15) is 0 Å². The predicted octanol–water partition coefficient (Wildman–Crippen LogP) is 3.52. The number of halogens is 2. The molecule has 1 saturated carbocycles. The number of carboxylic acids is 1. The second kappa shape index (κ2) is 6.04. The number of fused-ring (bicyclic) bond motifs is 1. The van der Waals surface area contributed by atoms with Crippen molar-refractivity contribution in [2.45, 2.75) is 39.4 Å². The van der Waals surface area contributed by atoms with Gasteiger partial charge in [-0.05, 0) is 30.4 Å². The van der Waals surface area contributed by atoms with E-state index < -0.39 is 35.0 Å². The Kier molecular flexibility index (Phi) is 4.01. The minimum absolute atomic E-state index is 0.00644. The van der Waals surface area contributed by atoms with E-state index in [1.165, 1.54) is 10.8 Å². The minimum Gasteiger partial charge on any atom is -0.477 e. The lowest BCUT2D eigenvalue weighted by Crippen LogP contribution is -2.24. The van der Waals surface area contributed by atoms with Gasteiger partial charge in [0.05, 0.1) is 17.2 Å². The predicted molar refractivity (Wildman–Crippen MR) is 99.0 cm³/mol. The largest absolute Gasteiger partial charge is 0.477 e. The second-order valence-electron chi connectivity index (χ2n) is 7.99. The zero-order chi connectivity index (χ0) is 19.6. The van der Waals surface area contributed by atoms with Crippen LogP contribution in [0, 0.1) is 24.6 Å². The lowest BCUT2D eigenvalue weighted by atomic mass is 10.0. The van der Waals surface area contributed by atoms with Gasteiger partial charge < -0.3 is 14.6 Å². The van der Waals surface area contributed by atoms with Crippen LogP contribution in [-0.2, 0) is 0 Å². The van der Waals surface area contributed by atoms with Crippen molar-refractivity contribution in [2.24, 2.45) is 11.8 Å². The van der Waals surface area contributed by atoms with Crippen LogP contribution in [0.5, 0.6) is 0 Å². The van der Waals surface area contributed by atoms with E-state index in [4.69, 9.17) is 0 Å². The Bertz CT molecular complexity index is 1010. The molecule has 0 amide bonds. The zero-order valence-corrected chi connectivity index (χ0v) is 15.5. The van der Waals surface area contributed by atoms with Gasteiger partial charge in [-0.15, -0.1) is 0 Å². The molecule has 4 atom stereocenters. The molecule has 2 aromatic rings. The lowest BCUT2D eigenvalue weighted by Gasteiger charge is -2.24. The number of anilines is 1. The fraction of sp³-hybridized carbons (Fsp3) is 0.500. The molecule has 1 N–H and O–H groups in total. The summed E-state index contributed by atoms with van der Waals surface area (Å²) in [5.41, 5.74) is 0.210. The van der Waals surface area contributed by atoms with Crippen molar-refractivity contribution in [1.29, 1.82) is 0 Å². The van der Waals surface area contributed by atoms with Crippen LogP contribution in [0.2, 0.25) is 0 Å². The molecule has 1 aromatic heterocycles. The number of rotatable bonds is 3. The van der Waals surface area contributed by atoms with E-state index in [0.717, 1.165) is 6.07 Å². The van der Waals surface area contributed by atoms with Crippen LogP contribution in [0.15, 0.2) is 17.1 Å². The van der Waals surface area contributed by atoms with E-state index in [2.05, 4.69) is 13.8 Å². The number of hydrogen-bond acceptors (Lipinski definition) is 3. The van der Waals surface area contributed by atoms with E-state index in [-0.39, 0.29) is 11.8 Å². The average molecular weight is 376 g/mol. The molecule has 2 fully saturated rings. The molecule has 1 aliphatic carbocycles.